The van der Waals surface area contributed by atoms with E-state index in [-0.39, 0.29) is 36.5 Å². The van der Waals surface area contributed by atoms with Crippen LogP contribution in [0.3, 0.4) is 0 Å². The number of carbonyl (C=O) groups is 3. The Bertz CT molecular complexity index is 1540. The zero-order valence-corrected chi connectivity index (χ0v) is 26.9. The van der Waals surface area contributed by atoms with Crippen LogP contribution >= 0.6 is 0 Å². The lowest BCUT2D eigenvalue weighted by Crippen LogP contribution is -2.35. The SMILES string of the molecule is CC1=NN(CCCS(=O)(=O)[O-])/C(=C/C=C/C2=Nc3c(ccc[n+]3CCCCCC(=O)ON3C(=O)CCC3=O)C2(C)C)C1(C)C. The van der Waals surface area contributed by atoms with Gasteiger partial charge in [-0.05, 0) is 89.6 Å². The Morgan fingerprint density at radius 3 is 2.48 bits per heavy atom. The van der Waals surface area contributed by atoms with Crippen LogP contribution in [0.2, 0.25) is 0 Å². The molecule has 0 aliphatic carbocycles. The highest BCUT2D eigenvalue weighted by Crippen LogP contribution is 2.39. The fraction of sp³-hybridized carbons (Fsp3) is 0.548. The van der Waals surface area contributed by atoms with E-state index < -0.39 is 33.7 Å². The van der Waals surface area contributed by atoms with Crippen molar-refractivity contribution in [3.63, 3.8) is 0 Å². The van der Waals surface area contributed by atoms with Crippen molar-refractivity contribution in [2.45, 2.75) is 91.5 Å². The van der Waals surface area contributed by atoms with Crippen LogP contribution in [-0.2, 0) is 41.3 Å². The summed E-state index contributed by atoms with van der Waals surface area (Å²) in [6.07, 6.45) is 10.5. The van der Waals surface area contributed by atoms with Crippen molar-refractivity contribution in [2.75, 3.05) is 12.3 Å². The van der Waals surface area contributed by atoms with Gasteiger partial charge in [0.15, 0.2) is 5.71 Å². The van der Waals surface area contributed by atoms with Gasteiger partial charge in [0.1, 0.15) is 0 Å². The number of hydroxylamine groups is 2. The van der Waals surface area contributed by atoms with Crippen LogP contribution in [-0.4, -0.2) is 64.5 Å². The third-order valence-electron chi connectivity index (χ3n) is 8.43. The lowest BCUT2D eigenvalue weighted by Gasteiger charge is -2.25. The Kier molecular flexibility index (Phi) is 9.89. The number of hydrogen-bond donors (Lipinski definition) is 0. The summed E-state index contributed by atoms with van der Waals surface area (Å²) in [4.78, 5) is 45.2. The number of hydrogen-bond acceptors (Lipinski definition) is 10. The number of aromatic nitrogens is 1. The van der Waals surface area contributed by atoms with Crippen LogP contribution in [0.15, 0.2) is 52.3 Å². The molecule has 238 valence electrons. The number of allylic oxidation sites excluding steroid dienone is 4. The first kappa shape index (κ1) is 33.2. The summed E-state index contributed by atoms with van der Waals surface area (Å²) in [7, 11) is -4.28. The normalized spacial score (nSPS) is 20.1. The molecular formula is C31H41N5O7S. The van der Waals surface area contributed by atoms with Gasteiger partial charge >= 0.3 is 11.8 Å². The molecule has 0 N–H and O–H groups in total. The number of imide groups is 1. The molecule has 0 saturated carbocycles. The van der Waals surface area contributed by atoms with Gasteiger partial charge in [-0.1, -0.05) is 6.08 Å². The molecular weight excluding hydrogens is 586 g/mol. The molecule has 0 spiro atoms. The highest BCUT2D eigenvalue weighted by atomic mass is 32.2. The first-order chi connectivity index (χ1) is 20.6. The van der Waals surface area contributed by atoms with Crippen molar-refractivity contribution in [3.05, 3.63) is 47.8 Å². The number of hydrazone groups is 1. The Morgan fingerprint density at radius 2 is 1.80 bits per heavy atom. The number of pyridine rings is 1. The summed E-state index contributed by atoms with van der Waals surface area (Å²) >= 11 is 0. The molecule has 1 fully saturated rings. The van der Waals surface area contributed by atoms with Gasteiger partial charge in [-0.2, -0.15) is 5.10 Å². The number of aryl methyl sites for hydroxylation is 1. The predicted octanol–water partition coefficient (Wildman–Crippen LogP) is 3.60. The van der Waals surface area contributed by atoms with E-state index in [4.69, 9.17) is 9.83 Å². The molecule has 1 aromatic rings. The third-order valence-corrected chi connectivity index (χ3v) is 9.22. The van der Waals surface area contributed by atoms with Crippen LogP contribution in [0, 0.1) is 5.41 Å². The lowest BCUT2D eigenvalue weighted by molar-refractivity contribution is -0.684. The zero-order valence-electron chi connectivity index (χ0n) is 26.0. The maximum atomic E-state index is 12.1. The van der Waals surface area contributed by atoms with Gasteiger partial charge in [0, 0.05) is 48.4 Å². The van der Waals surface area contributed by atoms with Gasteiger partial charge in [-0.3, -0.25) is 14.6 Å². The summed E-state index contributed by atoms with van der Waals surface area (Å²) in [6, 6.07) is 4.09. The maximum absolute atomic E-state index is 12.1. The molecule has 1 saturated heterocycles. The molecule has 2 amide bonds. The van der Waals surface area contributed by atoms with Crippen molar-refractivity contribution < 1.29 is 36.8 Å². The highest BCUT2D eigenvalue weighted by molar-refractivity contribution is 7.85. The van der Waals surface area contributed by atoms with Crippen molar-refractivity contribution in [1.29, 1.82) is 0 Å². The van der Waals surface area contributed by atoms with E-state index in [1.807, 2.05) is 37.4 Å². The number of amides is 2. The quantitative estimate of drug-likeness (QED) is 0.139. The molecule has 13 heteroatoms. The second-order valence-corrected chi connectivity index (χ2v) is 13.9. The van der Waals surface area contributed by atoms with Gasteiger partial charge in [-0.25, -0.2) is 17.8 Å². The van der Waals surface area contributed by atoms with Crippen molar-refractivity contribution >= 4 is 45.1 Å². The molecule has 0 radical (unpaired) electrons. The average molecular weight is 628 g/mol. The van der Waals surface area contributed by atoms with Gasteiger partial charge < -0.3 is 9.39 Å². The number of carbonyl (C=O) groups excluding carboxylic acids is 3. The van der Waals surface area contributed by atoms with Crippen LogP contribution < -0.4 is 4.57 Å². The number of nitrogens with zero attached hydrogens (tertiary/aromatic N) is 5. The molecule has 44 heavy (non-hydrogen) atoms. The minimum atomic E-state index is -4.28. The van der Waals surface area contributed by atoms with Gasteiger partial charge in [0.25, 0.3) is 11.8 Å². The largest absolute Gasteiger partial charge is 0.748 e. The maximum Gasteiger partial charge on any atom is 0.333 e. The standard InChI is InChI=1S/C31H41N5O7S/c1-22-30(2,3)25(35(33-22)20-11-21-44(40,41)42)14-9-13-24-31(4,5)23-12-10-19-34(29(23)32-24)18-8-6-7-15-28(39)43-36-26(37)16-17-27(36)38/h9-10,12-14,19H,6-8,11,15-18,20-21H2,1-5H3. The topological polar surface area (TPSA) is 153 Å². The van der Waals surface area contributed by atoms with E-state index in [0.717, 1.165) is 41.3 Å². The molecule has 3 aliphatic heterocycles. The Hall–Kier alpha value is -3.71. The van der Waals surface area contributed by atoms with Crippen LogP contribution in [0.1, 0.15) is 85.1 Å². The minimum absolute atomic E-state index is 0.0743. The van der Waals surface area contributed by atoms with E-state index >= 15 is 0 Å². The van der Waals surface area contributed by atoms with Crippen molar-refractivity contribution in [2.24, 2.45) is 15.5 Å². The summed E-state index contributed by atoms with van der Waals surface area (Å²) in [5, 5.41) is 6.97. The lowest BCUT2D eigenvalue weighted by atomic mass is 9.82. The molecule has 0 aromatic carbocycles. The van der Waals surface area contributed by atoms with Gasteiger partial charge in [0.05, 0.1) is 33.8 Å². The molecule has 0 unspecified atom stereocenters. The highest BCUT2D eigenvalue weighted by Gasteiger charge is 2.42. The Morgan fingerprint density at radius 1 is 1.09 bits per heavy atom. The summed E-state index contributed by atoms with van der Waals surface area (Å²) < 4.78 is 35.3. The molecule has 0 bridgehead atoms. The van der Waals surface area contributed by atoms with E-state index in [1.54, 1.807) is 5.01 Å². The third kappa shape index (κ3) is 7.49. The van der Waals surface area contributed by atoms with Crippen LogP contribution in [0.25, 0.3) is 0 Å². The van der Waals surface area contributed by atoms with Gasteiger partial charge in [0.2, 0.25) is 0 Å². The Labute approximate surface area is 258 Å². The van der Waals surface area contributed by atoms with Crippen molar-refractivity contribution in [1.82, 2.24) is 10.1 Å². The molecule has 12 nitrogen and oxygen atoms in total. The second kappa shape index (κ2) is 13.1. The molecule has 4 heterocycles. The summed E-state index contributed by atoms with van der Waals surface area (Å²) in [5.74, 6) is -1.09. The fourth-order valence-corrected chi connectivity index (χ4v) is 5.94. The van der Waals surface area contributed by atoms with E-state index in [1.165, 1.54) is 0 Å². The zero-order chi connectivity index (χ0) is 32.3. The summed E-state index contributed by atoms with van der Waals surface area (Å²) in [6.45, 7) is 11.4. The average Bonchev–Trinajstić information content (AvgIpc) is 3.47. The fourth-order valence-electron chi connectivity index (χ4n) is 5.46. The predicted molar refractivity (Wildman–Crippen MR) is 162 cm³/mol. The monoisotopic (exact) mass is 627 g/mol. The van der Waals surface area contributed by atoms with Gasteiger partial charge in [-0.15, -0.1) is 5.06 Å². The van der Waals surface area contributed by atoms with Crippen LogP contribution in [0.5, 0.6) is 0 Å². The first-order valence-electron chi connectivity index (χ1n) is 15.0. The van der Waals surface area contributed by atoms with E-state index in [0.29, 0.717) is 24.6 Å². The van der Waals surface area contributed by atoms with Crippen molar-refractivity contribution in [3.8, 4) is 0 Å². The molecule has 3 aliphatic rings. The number of aliphatic imine (C=N–C) groups is 1. The smallest absolute Gasteiger partial charge is 0.333 e. The number of unbranched alkanes of at least 4 members (excludes halogenated alkanes) is 2. The second-order valence-electron chi connectivity index (χ2n) is 12.4. The molecule has 1 aromatic heterocycles. The molecule has 0 atom stereocenters. The van der Waals surface area contributed by atoms with E-state index in [2.05, 4.69) is 43.4 Å². The minimum Gasteiger partial charge on any atom is -0.748 e. The first-order valence-corrected chi connectivity index (χ1v) is 16.5. The Balaban J connectivity index is 1.37. The molecule has 4 rings (SSSR count). The number of fused-ring (bicyclic) bond motifs is 1. The van der Waals surface area contributed by atoms with E-state index in [9.17, 15) is 27.4 Å². The number of rotatable bonds is 13. The summed E-state index contributed by atoms with van der Waals surface area (Å²) in [5.41, 5.74) is 3.15. The van der Waals surface area contributed by atoms with Crippen LogP contribution in [0.4, 0.5) is 5.82 Å².